The van der Waals surface area contributed by atoms with E-state index in [9.17, 15) is 9.59 Å². The molecule has 1 fully saturated rings. The molecule has 2 amide bonds. The minimum absolute atomic E-state index is 0.00515. The first-order chi connectivity index (χ1) is 14.8. The van der Waals surface area contributed by atoms with E-state index < -0.39 is 11.8 Å². The highest BCUT2D eigenvalue weighted by molar-refractivity contribution is 8.26. The van der Waals surface area contributed by atoms with Crippen LogP contribution in [0.4, 0.5) is 0 Å². The molecule has 162 valence electrons. The average Bonchev–Trinajstić information content (AvgIpc) is 2.97. The van der Waals surface area contributed by atoms with E-state index in [4.69, 9.17) is 33.3 Å². The van der Waals surface area contributed by atoms with E-state index in [1.54, 1.807) is 42.5 Å². The van der Waals surface area contributed by atoms with Crippen LogP contribution < -0.4 is 14.9 Å². The van der Waals surface area contributed by atoms with Gasteiger partial charge in [-0.15, -0.1) is 0 Å². The van der Waals surface area contributed by atoms with Crippen LogP contribution in [0, 0.1) is 0 Å². The highest BCUT2D eigenvalue weighted by Crippen LogP contribution is 2.34. The number of thiocarbonyl (C=S) groups is 1. The van der Waals surface area contributed by atoms with Gasteiger partial charge in [0.1, 0.15) is 0 Å². The van der Waals surface area contributed by atoms with E-state index in [-0.39, 0.29) is 10.4 Å². The molecular formula is C22H21ClN2O4S2. The number of benzene rings is 2. The molecule has 3 rings (SSSR count). The fourth-order valence-electron chi connectivity index (χ4n) is 2.72. The first kappa shape index (κ1) is 23.1. The van der Waals surface area contributed by atoms with E-state index in [1.165, 1.54) is 0 Å². The van der Waals surface area contributed by atoms with Crippen molar-refractivity contribution in [1.29, 1.82) is 0 Å². The molecule has 2 aromatic carbocycles. The Morgan fingerprint density at radius 2 is 1.94 bits per heavy atom. The fraction of sp³-hybridized carbons (Fsp3) is 0.227. The zero-order valence-electron chi connectivity index (χ0n) is 17.2. The quantitative estimate of drug-likeness (QED) is 0.444. The Morgan fingerprint density at radius 1 is 1.23 bits per heavy atom. The summed E-state index contributed by atoms with van der Waals surface area (Å²) in [5.74, 6) is 0.370. The van der Waals surface area contributed by atoms with Crippen molar-refractivity contribution in [3.05, 3.63) is 63.5 Å². The third-order valence-electron chi connectivity index (χ3n) is 4.04. The van der Waals surface area contributed by atoms with Crippen molar-refractivity contribution in [3.8, 4) is 11.5 Å². The van der Waals surface area contributed by atoms with Crippen LogP contribution in [-0.2, 0) is 4.79 Å². The summed E-state index contributed by atoms with van der Waals surface area (Å²) in [6.07, 6.45) is 1.71. The molecule has 0 radical (unpaired) electrons. The molecule has 0 atom stereocenters. The van der Waals surface area contributed by atoms with Gasteiger partial charge in [-0.2, -0.15) is 5.01 Å². The number of thioether (sulfide) groups is 1. The lowest BCUT2D eigenvalue weighted by molar-refractivity contribution is -0.123. The predicted molar refractivity (Wildman–Crippen MR) is 127 cm³/mol. The summed E-state index contributed by atoms with van der Waals surface area (Å²) in [5.41, 5.74) is 3.67. The monoisotopic (exact) mass is 476 g/mol. The predicted octanol–water partition coefficient (Wildman–Crippen LogP) is 5.07. The lowest BCUT2D eigenvalue weighted by atomic mass is 10.2. The van der Waals surface area contributed by atoms with Crippen molar-refractivity contribution in [2.24, 2.45) is 0 Å². The molecular weight excluding hydrogens is 456 g/mol. The Bertz CT molecular complexity index is 1040. The number of hydrogen-bond donors (Lipinski definition) is 1. The summed E-state index contributed by atoms with van der Waals surface area (Å²) in [4.78, 5) is 25.7. The summed E-state index contributed by atoms with van der Waals surface area (Å²) < 4.78 is 11.7. The van der Waals surface area contributed by atoms with Crippen molar-refractivity contribution in [1.82, 2.24) is 10.4 Å². The zero-order chi connectivity index (χ0) is 22.5. The van der Waals surface area contributed by atoms with Gasteiger partial charge in [-0.05, 0) is 81.0 Å². The van der Waals surface area contributed by atoms with Gasteiger partial charge >= 0.3 is 0 Å². The van der Waals surface area contributed by atoms with Crippen LogP contribution in [-0.4, -0.2) is 33.9 Å². The molecule has 1 saturated heterocycles. The second kappa shape index (κ2) is 10.2. The number of carbonyl (C=O) groups is 2. The topological polar surface area (TPSA) is 67.9 Å². The van der Waals surface area contributed by atoms with Crippen LogP contribution in [0.1, 0.15) is 36.7 Å². The van der Waals surface area contributed by atoms with Gasteiger partial charge in [0.05, 0.1) is 17.6 Å². The van der Waals surface area contributed by atoms with Crippen LogP contribution in [0.25, 0.3) is 6.08 Å². The van der Waals surface area contributed by atoms with Crippen molar-refractivity contribution in [3.63, 3.8) is 0 Å². The summed E-state index contributed by atoms with van der Waals surface area (Å²) in [6.45, 7) is 6.25. The second-order valence-electron chi connectivity index (χ2n) is 6.77. The minimum Gasteiger partial charge on any atom is -0.490 e. The summed E-state index contributed by atoms with van der Waals surface area (Å²) in [7, 11) is 0. The molecule has 6 nitrogen and oxygen atoms in total. The maximum Gasteiger partial charge on any atom is 0.285 e. The highest BCUT2D eigenvalue weighted by Gasteiger charge is 2.33. The van der Waals surface area contributed by atoms with Crippen molar-refractivity contribution >= 4 is 57.8 Å². The molecule has 1 aliphatic rings. The van der Waals surface area contributed by atoms with E-state index >= 15 is 0 Å². The van der Waals surface area contributed by atoms with Gasteiger partial charge in [0, 0.05) is 10.6 Å². The number of rotatable bonds is 7. The van der Waals surface area contributed by atoms with Gasteiger partial charge in [-0.1, -0.05) is 29.4 Å². The molecule has 0 spiro atoms. The second-order valence-corrected chi connectivity index (χ2v) is 8.88. The van der Waals surface area contributed by atoms with Gasteiger partial charge in [-0.3, -0.25) is 15.0 Å². The van der Waals surface area contributed by atoms with Crippen LogP contribution in [0.5, 0.6) is 11.5 Å². The largest absolute Gasteiger partial charge is 0.490 e. The summed E-state index contributed by atoms with van der Waals surface area (Å²) in [6, 6.07) is 11.8. The Balaban J connectivity index is 1.78. The average molecular weight is 477 g/mol. The van der Waals surface area contributed by atoms with Crippen LogP contribution in [0.15, 0.2) is 47.4 Å². The Hall–Kier alpha value is -2.55. The fourth-order valence-corrected chi connectivity index (χ4v) is 4.02. The maximum atomic E-state index is 12.8. The number of ether oxygens (including phenoxy) is 2. The van der Waals surface area contributed by atoms with Gasteiger partial charge in [0.15, 0.2) is 15.8 Å². The minimum atomic E-state index is -0.456. The van der Waals surface area contributed by atoms with E-state index in [2.05, 4.69) is 5.43 Å². The van der Waals surface area contributed by atoms with E-state index in [1.807, 2.05) is 26.8 Å². The smallest absolute Gasteiger partial charge is 0.285 e. The van der Waals surface area contributed by atoms with Crippen LogP contribution >= 0.6 is 35.6 Å². The van der Waals surface area contributed by atoms with Gasteiger partial charge in [-0.25, -0.2) is 0 Å². The first-order valence-corrected chi connectivity index (χ1v) is 11.2. The van der Waals surface area contributed by atoms with Crippen LogP contribution in [0.3, 0.4) is 0 Å². The standard InChI is InChI=1S/C22H21ClN2O4S2/c1-4-28-18-11-14(5-10-17(18)29-13(2)3)12-19-21(27)25(22(30)31-19)24-20(26)15-6-8-16(23)9-7-15/h5-13H,4H2,1-3H3,(H,24,26)/b19-12-. The van der Waals surface area contributed by atoms with Crippen molar-refractivity contribution in [2.75, 3.05) is 6.61 Å². The SMILES string of the molecule is CCOc1cc(/C=C2\SC(=S)N(NC(=O)c3ccc(Cl)cc3)C2=O)ccc1OC(C)C. The molecule has 1 aliphatic heterocycles. The third-order valence-corrected chi connectivity index (χ3v) is 5.60. The number of amides is 2. The molecule has 0 aliphatic carbocycles. The highest BCUT2D eigenvalue weighted by atomic mass is 35.5. The van der Waals surface area contributed by atoms with Gasteiger partial charge in [0.2, 0.25) is 0 Å². The lowest BCUT2D eigenvalue weighted by Gasteiger charge is -2.16. The lowest BCUT2D eigenvalue weighted by Crippen LogP contribution is -2.44. The number of hydrogen-bond acceptors (Lipinski definition) is 6. The maximum absolute atomic E-state index is 12.8. The molecule has 0 bridgehead atoms. The van der Waals surface area contributed by atoms with Crippen molar-refractivity contribution in [2.45, 2.75) is 26.9 Å². The number of halogens is 1. The molecule has 0 saturated carbocycles. The molecule has 9 heteroatoms. The Morgan fingerprint density at radius 3 is 2.58 bits per heavy atom. The molecule has 0 aromatic heterocycles. The van der Waals surface area contributed by atoms with Gasteiger partial charge < -0.3 is 9.47 Å². The number of nitrogens with one attached hydrogen (secondary N) is 1. The van der Waals surface area contributed by atoms with Crippen LogP contribution in [0.2, 0.25) is 5.02 Å². The molecule has 1 N–H and O–H groups in total. The number of nitrogens with zero attached hydrogens (tertiary/aromatic N) is 1. The van der Waals surface area contributed by atoms with Crippen molar-refractivity contribution < 1.29 is 19.1 Å². The Labute approximate surface area is 195 Å². The number of carbonyl (C=O) groups excluding carboxylic acids is 2. The summed E-state index contributed by atoms with van der Waals surface area (Å²) >= 11 is 12.2. The molecule has 1 heterocycles. The first-order valence-electron chi connectivity index (χ1n) is 9.56. The van der Waals surface area contributed by atoms with Gasteiger partial charge in [0.25, 0.3) is 11.8 Å². The molecule has 31 heavy (non-hydrogen) atoms. The zero-order valence-corrected chi connectivity index (χ0v) is 19.6. The third kappa shape index (κ3) is 5.78. The molecule has 0 unspecified atom stereocenters. The van der Waals surface area contributed by atoms with E-state index in [0.717, 1.165) is 22.3 Å². The normalized spacial score (nSPS) is 15.0. The molecule has 2 aromatic rings. The number of hydrazine groups is 1. The summed E-state index contributed by atoms with van der Waals surface area (Å²) in [5, 5.41) is 1.59. The van der Waals surface area contributed by atoms with E-state index in [0.29, 0.717) is 33.6 Å². The Kier molecular flexibility index (Phi) is 7.59.